The van der Waals surface area contributed by atoms with Crippen molar-refractivity contribution in [3.05, 3.63) is 36.0 Å². The second-order valence-electron chi connectivity index (χ2n) is 8.70. The summed E-state index contributed by atoms with van der Waals surface area (Å²) < 4.78 is 2.06. The van der Waals surface area contributed by atoms with Crippen LogP contribution in [0.5, 0.6) is 0 Å². The highest BCUT2D eigenvalue weighted by atomic mass is 16.2. The van der Waals surface area contributed by atoms with Crippen LogP contribution in [0.1, 0.15) is 55.8 Å². The highest BCUT2D eigenvalue weighted by molar-refractivity contribution is 5.98. The highest BCUT2D eigenvalue weighted by Gasteiger charge is 2.42. The molecule has 1 spiro atoms. The zero-order chi connectivity index (χ0) is 19.7. The maximum atomic E-state index is 13.3. The fourth-order valence-corrected chi connectivity index (χ4v) is 4.95. The predicted octanol–water partition coefficient (Wildman–Crippen LogP) is 3.82. The van der Waals surface area contributed by atoms with E-state index in [9.17, 15) is 9.59 Å². The van der Waals surface area contributed by atoms with Crippen molar-refractivity contribution >= 4 is 22.7 Å². The Morgan fingerprint density at radius 2 is 2.04 bits per heavy atom. The Morgan fingerprint density at radius 3 is 2.86 bits per heavy atom. The summed E-state index contributed by atoms with van der Waals surface area (Å²) in [4.78, 5) is 29.7. The molecular weight excluding hydrogens is 350 g/mol. The SMILES string of the molecule is CCCCN1C[C@]2(CCCN(C(=O)c3ccc4ccn(C)c4c3)C2)CCC1=O. The maximum absolute atomic E-state index is 13.3. The highest BCUT2D eigenvalue weighted by Crippen LogP contribution is 2.39. The molecule has 2 fully saturated rings. The minimum atomic E-state index is 0.0740. The van der Waals surface area contributed by atoms with Gasteiger partial charge in [0.2, 0.25) is 5.91 Å². The van der Waals surface area contributed by atoms with Gasteiger partial charge in [-0.05, 0) is 49.3 Å². The first-order chi connectivity index (χ1) is 13.5. The van der Waals surface area contributed by atoms with Crippen LogP contribution in [-0.2, 0) is 11.8 Å². The first-order valence-electron chi connectivity index (χ1n) is 10.6. The average Bonchev–Trinajstić information content (AvgIpc) is 3.09. The molecule has 0 radical (unpaired) electrons. The summed E-state index contributed by atoms with van der Waals surface area (Å²) in [6.45, 7) is 5.41. The largest absolute Gasteiger partial charge is 0.351 e. The van der Waals surface area contributed by atoms with Gasteiger partial charge in [-0.15, -0.1) is 0 Å². The molecule has 5 nitrogen and oxygen atoms in total. The third-order valence-electron chi connectivity index (χ3n) is 6.61. The van der Waals surface area contributed by atoms with Crippen LogP contribution in [0, 0.1) is 5.41 Å². The molecule has 0 bridgehead atoms. The van der Waals surface area contributed by atoms with Crippen molar-refractivity contribution < 1.29 is 9.59 Å². The van der Waals surface area contributed by atoms with E-state index < -0.39 is 0 Å². The first kappa shape index (κ1) is 19.0. The summed E-state index contributed by atoms with van der Waals surface area (Å²) >= 11 is 0. The lowest BCUT2D eigenvalue weighted by Gasteiger charge is -2.48. The fourth-order valence-electron chi connectivity index (χ4n) is 4.95. The van der Waals surface area contributed by atoms with Crippen LogP contribution in [-0.4, -0.2) is 52.4 Å². The van der Waals surface area contributed by atoms with Crippen molar-refractivity contribution in [2.24, 2.45) is 12.5 Å². The van der Waals surface area contributed by atoms with E-state index >= 15 is 0 Å². The molecule has 4 rings (SSSR count). The number of carbonyl (C=O) groups is 2. The van der Waals surface area contributed by atoms with Crippen molar-refractivity contribution in [1.29, 1.82) is 0 Å². The topological polar surface area (TPSA) is 45.5 Å². The molecule has 2 amide bonds. The van der Waals surface area contributed by atoms with Crippen molar-refractivity contribution in [2.45, 2.75) is 45.4 Å². The lowest BCUT2D eigenvalue weighted by atomic mass is 9.73. The molecule has 3 heterocycles. The van der Waals surface area contributed by atoms with Crippen LogP contribution in [0.2, 0.25) is 0 Å². The predicted molar refractivity (Wildman–Crippen MR) is 111 cm³/mol. The second kappa shape index (κ2) is 7.61. The van der Waals surface area contributed by atoms with Gasteiger partial charge in [-0.25, -0.2) is 0 Å². The van der Waals surface area contributed by atoms with Gasteiger partial charge in [-0.3, -0.25) is 9.59 Å². The normalized spacial score (nSPS) is 23.0. The molecule has 2 saturated heterocycles. The number of unbranched alkanes of at least 4 members (excludes halogenated alkanes) is 1. The van der Waals surface area contributed by atoms with Gasteiger partial charge in [-0.1, -0.05) is 19.4 Å². The molecule has 0 aliphatic carbocycles. The number of piperidine rings is 2. The third-order valence-corrected chi connectivity index (χ3v) is 6.61. The van der Waals surface area contributed by atoms with Crippen molar-refractivity contribution in [3.63, 3.8) is 0 Å². The van der Waals surface area contributed by atoms with Gasteiger partial charge in [0.15, 0.2) is 0 Å². The Bertz CT molecular complexity index is 887. The summed E-state index contributed by atoms with van der Waals surface area (Å²) in [5.41, 5.74) is 1.93. The molecule has 150 valence electrons. The van der Waals surface area contributed by atoms with Gasteiger partial charge < -0.3 is 14.4 Å². The van der Waals surface area contributed by atoms with Crippen LogP contribution in [0.25, 0.3) is 10.9 Å². The number of hydrogen-bond acceptors (Lipinski definition) is 2. The van der Waals surface area contributed by atoms with E-state index in [1.54, 1.807) is 0 Å². The Hall–Kier alpha value is -2.30. The minimum Gasteiger partial charge on any atom is -0.351 e. The Labute approximate surface area is 167 Å². The van der Waals surface area contributed by atoms with Crippen molar-refractivity contribution in [1.82, 2.24) is 14.4 Å². The monoisotopic (exact) mass is 381 g/mol. The van der Waals surface area contributed by atoms with Gasteiger partial charge in [0.25, 0.3) is 5.91 Å². The van der Waals surface area contributed by atoms with E-state index in [1.807, 2.05) is 36.3 Å². The van der Waals surface area contributed by atoms with Gasteiger partial charge in [-0.2, -0.15) is 0 Å². The molecule has 0 unspecified atom stereocenters. The van der Waals surface area contributed by atoms with E-state index in [1.165, 1.54) is 0 Å². The zero-order valence-corrected chi connectivity index (χ0v) is 17.1. The van der Waals surface area contributed by atoms with Gasteiger partial charge in [0.05, 0.1) is 0 Å². The number of carbonyl (C=O) groups excluding carboxylic acids is 2. The Kier molecular flexibility index (Phi) is 5.17. The Morgan fingerprint density at radius 1 is 1.18 bits per heavy atom. The number of rotatable bonds is 4. The lowest BCUT2D eigenvalue weighted by molar-refractivity contribution is -0.139. The number of amides is 2. The second-order valence-corrected chi connectivity index (χ2v) is 8.70. The third kappa shape index (κ3) is 3.54. The molecule has 1 atom stereocenters. The summed E-state index contributed by atoms with van der Waals surface area (Å²) in [6.07, 6.45) is 7.86. The zero-order valence-electron chi connectivity index (χ0n) is 17.1. The van der Waals surface area contributed by atoms with Crippen LogP contribution in [0.4, 0.5) is 0 Å². The van der Waals surface area contributed by atoms with Gasteiger partial charge >= 0.3 is 0 Å². The minimum absolute atomic E-state index is 0.0740. The molecule has 0 N–H and O–H groups in total. The van der Waals surface area contributed by atoms with E-state index in [0.717, 1.165) is 74.7 Å². The summed E-state index contributed by atoms with van der Waals surface area (Å²) in [5.74, 6) is 0.413. The van der Waals surface area contributed by atoms with Gasteiger partial charge in [0.1, 0.15) is 0 Å². The number of aryl methyl sites for hydroxylation is 1. The standard InChI is InChI=1S/C23H31N3O2/c1-3-4-12-25-16-23(11-8-21(25)27)10-5-13-26(17-23)22(28)19-7-6-18-9-14-24(2)20(18)15-19/h6-7,9,14-15H,3-5,8,10-13,16-17H2,1-2H3/t23-/m0/s1. The molecule has 2 aliphatic heterocycles. The summed E-state index contributed by atoms with van der Waals surface area (Å²) in [5, 5.41) is 1.16. The van der Waals surface area contributed by atoms with Crippen LogP contribution in [0.15, 0.2) is 30.5 Å². The maximum Gasteiger partial charge on any atom is 0.253 e. The van der Waals surface area contributed by atoms with E-state index in [0.29, 0.717) is 6.42 Å². The smallest absolute Gasteiger partial charge is 0.253 e. The molecular formula is C23H31N3O2. The molecule has 0 saturated carbocycles. The number of nitrogens with zero attached hydrogens (tertiary/aromatic N) is 3. The molecule has 5 heteroatoms. The number of hydrogen-bond donors (Lipinski definition) is 0. The van der Waals surface area contributed by atoms with Crippen LogP contribution in [0.3, 0.4) is 0 Å². The quantitative estimate of drug-likeness (QED) is 0.808. The number of benzene rings is 1. The first-order valence-corrected chi connectivity index (χ1v) is 10.6. The molecule has 2 aromatic rings. The number of likely N-dealkylation sites (tertiary alicyclic amines) is 2. The molecule has 1 aromatic carbocycles. The fraction of sp³-hybridized carbons (Fsp3) is 0.565. The Balaban J connectivity index is 1.51. The van der Waals surface area contributed by atoms with Crippen LogP contribution < -0.4 is 0 Å². The number of aromatic nitrogens is 1. The van der Waals surface area contributed by atoms with Crippen molar-refractivity contribution in [2.75, 3.05) is 26.2 Å². The molecule has 28 heavy (non-hydrogen) atoms. The summed E-state index contributed by atoms with van der Waals surface area (Å²) in [7, 11) is 2.01. The molecule has 1 aromatic heterocycles. The average molecular weight is 382 g/mol. The van der Waals surface area contributed by atoms with Crippen molar-refractivity contribution in [3.8, 4) is 0 Å². The number of fused-ring (bicyclic) bond motifs is 1. The van der Waals surface area contributed by atoms with E-state index in [-0.39, 0.29) is 17.2 Å². The lowest BCUT2D eigenvalue weighted by Crippen LogP contribution is -2.55. The van der Waals surface area contributed by atoms with E-state index in [2.05, 4.69) is 22.5 Å². The molecule has 2 aliphatic rings. The van der Waals surface area contributed by atoms with E-state index in [4.69, 9.17) is 0 Å². The van der Waals surface area contributed by atoms with Crippen LogP contribution >= 0.6 is 0 Å². The summed E-state index contributed by atoms with van der Waals surface area (Å²) in [6, 6.07) is 8.07. The van der Waals surface area contributed by atoms with Gasteiger partial charge in [0, 0.05) is 62.3 Å².